The number of alkyl carbamates (subject to hydrolysis) is 1. The molecule has 0 fully saturated rings. The Bertz CT molecular complexity index is 797. The highest BCUT2D eigenvalue weighted by atomic mass is 16.6. The van der Waals surface area contributed by atoms with Gasteiger partial charge in [0.2, 0.25) is 5.91 Å². The Morgan fingerprint density at radius 1 is 1.00 bits per heavy atom. The molecule has 0 aliphatic rings. The highest BCUT2D eigenvalue weighted by Gasteiger charge is 2.29. The van der Waals surface area contributed by atoms with Crippen molar-refractivity contribution in [2.45, 2.75) is 51.3 Å². The number of nitrogens with one attached hydrogen (secondary N) is 4. The summed E-state index contributed by atoms with van der Waals surface area (Å²) in [5.41, 5.74) is 0.546. The molecule has 0 bridgehead atoms. The van der Waals surface area contributed by atoms with E-state index < -0.39 is 35.7 Å². The Labute approximate surface area is 168 Å². The number of ether oxygens (including phenoxy) is 2. The fourth-order valence-electron chi connectivity index (χ4n) is 2.50. The molecule has 2 aromatic heterocycles. The number of hydrogen-bond acceptors (Lipinski definition) is 7. The molecule has 158 valence electrons. The number of imidazole rings is 2. The maximum atomic E-state index is 12.9. The number of methoxy groups -OCH3 is 1. The number of rotatable bonds is 8. The molecule has 2 amide bonds. The Kier molecular flexibility index (Phi) is 7.34. The number of amides is 2. The summed E-state index contributed by atoms with van der Waals surface area (Å²) in [7, 11) is 1.23. The summed E-state index contributed by atoms with van der Waals surface area (Å²) >= 11 is 0. The normalized spacial score (nSPS) is 13.2. The van der Waals surface area contributed by atoms with Gasteiger partial charge in [-0.1, -0.05) is 0 Å². The Hall–Kier alpha value is -3.37. The smallest absolute Gasteiger partial charge is 0.408 e. The summed E-state index contributed by atoms with van der Waals surface area (Å²) in [6.45, 7) is 5.15. The zero-order valence-corrected chi connectivity index (χ0v) is 16.8. The van der Waals surface area contributed by atoms with E-state index in [2.05, 4.69) is 30.6 Å². The molecule has 11 nitrogen and oxygen atoms in total. The molecular formula is C18H26N6O5. The molecule has 0 unspecified atom stereocenters. The van der Waals surface area contributed by atoms with Gasteiger partial charge in [-0.25, -0.2) is 19.6 Å². The number of carbonyl (C=O) groups is 3. The van der Waals surface area contributed by atoms with Gasteiger partial charge in [-0.05, 0) is 20.8 Å². The lowest BCUT2D eigenvalue weighted by Gasteiger charge is -2.24. The van der Waals surface area contributed by atoms with Crippen LogP contribution in [0.15, 0.2) is 25.0 Å². The van der Waals surface area contributed by atoms with E-state index in [9.17, 15) is 14.4 Å². The molecule has 2 atom stereocenters. The zero-order chi connectivity index (χ0) is 21.4. The van der Waals surface area contributed by atoms with Crippen LogP contribution in [-0.4, -0.2) is 62.7 Å². The fraction of sp³-hybridized carbons (Fsp3) is 0.500. The number of hydrogen-bond donors (Lipinski definition) is 4. The molecule has 11 heteroatoms. The first-order valence-electron chi connectivity index (χ1n) is 9.00. The molecule has 2 heterocycles. The van der Waals surface area contributed by atoms with E-state index >= 15 is 0 Å². The van der Waals surface area contributed by atoms with E-state index in [-0.39, 0.29) is 12.8 Å². The number of esters is 1. The third-order valence-corrected chi connectivity index (χ3v) is 3.77. The monoisotopic (exact) mass is 406 g/mol. The summed E-state index contributed by atoms with van der Waals surface area (Å²) in [6, 6.07) is -1.96. The number of H-pyrrole nitrogens is 2. The largest absolute Gasteiger partial charge is 0.467 e. The summed E-state index contributed by atoms with van der Waals surface area (Å²) < 4.78 is 10.0. The number of aromatic amines is 2. The van der Waals surface area contributed by atoms with Gasteiger partial charge in [0.15, 0.2) is 0 Å². The predicted molar refractivity (Wildman–Crippen MR) is 102 cm³/mol. The number of aromatic nitrogens is 4. The molecule has 2 rings (SSSR count). The second-order valence-electron chi connectivity index (χ2n) is 7.35. The van der Waals surface area contributed by atoms with Crippen LogP contribution in [0.2, 0.25) is 0 Å². The van der Waals surface area contributed by atoms with Crippen LogP contribution >= 0.6 is 0 Å². The van der Waals surface area contributed by atoms with Crippen LogP contribution in [0.3, 0.4) is 0 Å². The lowest BCUT2D eigenvalue weighted by molar-refractivity contribution is -0.145. The van der Waals surface area contributed by atoms with Crippen LogP contribution < -0.4 is 10.6 Å². The molecule has 2 aromatic rings. The van der Waals surface area contributed by atoms with Crippen LogP contribution in [0.4, 0.5) is 4.79 Å². The van der Waals surface area contributed by atoms with E-state index in [1.165, 1.54) is 19.8 Å². The first-order valence-corrected chi connectivity index (χ1v) is 9.00. The van der Waals surface area contributed by atoms with E-state index in [0.717, 1.165) is 0 Å². The average Bonchev–Trinajstić information content (AvgIpc) is 3.32. The van der Waals surface area contributed by atoms with E-state index in [4.69, 9.17) is 9.47 Å². The van der Waals surface area contributed by atoms with Crippen LogP contribution in [0.25, 0.3) is 0 Å². The van der Waals surface area contributed by atoms with Gasteiger partial charge in [-0.3, -0.25) is 4.79 Å². The average molecular weight is 406 g/mol. The van der Waals surface area contributed by atoms with Crippen LogP contribution in [-0.2, 0) is 31.9 Å². The van der Waals surface area contributed by atoms with Crippen LogP contribution in [0.5, 0.6) is 0 Å². The molecule has 0 aliphatic heterocycles. The van der Waals surface area contributed by atoms with Crippen molar-refractivity contribution in [3.63, 3.8) is 0 Å². The zero-order valence-electron chi connectivity index (χ0n) is 16.8. The van der Waals surface area contributed by atoms with Gasteiger partial charge in [0.05, 0.1) is 19.8 Å². The third kappa shape index (κ3) is 7.28. The molecule has 0 saturated carbocycles. The van der Waals surface area contributed by atoms with Crippen molar-refractivity contribution in [3.8, 4) is 0 Å². The molecule has 29 heavy (non-hydrogen) atoms. The van der Waals surface area contributed by atoms with Crippen molar-refractivity contribution in [3.05, 3.63) is 36.4 Å². The van der Waals surface area contributed by atoms with E-state index in [1.54, 1.807) is 33.2 Å². The first kappa shape index (κ1) is 21.9. The Morgan fingerprint density at radius 2 is 1.55 bits per heavy atom. The maximum absolute atomic E-state index is 12.9. The highest BCUT2D eigenvalue weighted by molar-refractivity contribution is 5.90. The van der Waals surface area contributed by atoms with Crippen LogP contribution in [0, 0.1) is 0 Å². The summed E-state index contributed by atoms with van der Waals surface area (Å²) in [4.78, 5) is 50.7. The van der Waals surface area contributed by atoms with Gasteiger partial charge in [-0.2, -0.15) is 0 Å². The minimum atomic E-state index is -1.00. The van der Waals surface area contributed by atoms with Crippen LogP contribution in [0.1, 0.15) is 32.2 Å². The lowest BCUT2D eigenvalue weighted by atomic mass is 10.1. The quantitative estimate of drug-likeness (QED) is 0.465. The molecule has 0 spiro atoms. The van der Waals surface area contributed by atoms with Crippen molar-refractivity contribution >= 4 is 18.0 Å². The van der Waals surface area contributed by atoms with Gasteiger partial charge >= 0.3 is 12.1 Å². The second kappa shape index (κ2) is 9.71. The van der Waals surface area contributed by atoms with Gasteiger partial charge in [0.25, 0.3) is 0 Å². The molecular weight excluding hydrogens is 380 g/mol. The molecule has 0 aromatic carbocycles. The summed E-state index contributed by atoms with van der Waals surface area (Å²) in [5.74, 6) is -1.19. The molecule has 0 aliphatic carbocycles. The Balaban J connectivity index is 2.12. The van der Waals surface area contributed by atoms with Gasteiger partial charge in [0, 0.05) is 36.6 Å². The number of carbonyl (C=O) groups excluding carboxylic acids is 3. The predicted octanol–water partition coefficient (Wildman–Crippen LogP) is 0.469. The van der Waals surface area contributed by atoms with Gasteiger partial charge in [-0.15, -0.1) is 0 Å². The van der Waals surface area contributed by atoms with Gasteiger partial charge < -0.3 is 30.1 Å². The van der Waals surface area contributed by atoms with E-state index in [1.807, 2.05) is 0 Å². The maximum Gasteiger partial charge on any atom is 0.408 e. The van der Waals surface area contributed by atoms with Crippen molar-refractivity contribution < 1.29 is 23.9 Å². The summed E-state index contributed by atoms with van der Waals surface area (Å²) in [6.07, 6.45) is 5.55. The molecule has 0 saturated heterocycles. The van der Waals surface area contributed by atoms with E-state index in [0.29, 0.717) is 11.4 Å². The topological polar surface area (TPSA) is 151 Å². The van der Waals surface area contributed by atoms with Crippen molar-refractivity contribution in [1.29, 1.82) is 0 Å². The van der Waals surface area contributed by atoms with Crippen molar-refractivity contribution in [1.82, 2.24) is 30.6 Å². The minimum absolute atomic E-state index is 0.128. The molecule has 4 N–H and O–H groups in total. The highest BCUT2D eigenvalue weighted by Crippen LogP contribution is 2.08. The standard InChI is InChI=1S/C18H26N6O5/c1-18(2,3)29-17(27)24-13(5-11-7-19-9-21-11)15(25)23-14(16(26)28-4)6-12-8-20-10-22-12/h7-10,13-14H,5-6H2,1-4H3,(H,19,21)(H,20,22)(H,23,25)(H,24,27)/t13-,14-/m0/s1. The SMILES string of the molecule is COC(=O)[C@H](Cc1cnc[nH]1)NC(=O)[C@H](Cc1cnc[nH]1)NC(=O)OC(C)(C)C. The number of nitrogens with zero attached hydrogens (tertiary/aromatic N) is 2. The fourth-order valence-corrected chi connectivity index (χ4v) is 2.50. The van der Waals surface area contributed by atoms with Gasteiger partial charge in [0.1, 0.15) is 17.7 Å². The molecule has 0 radical (unpaired) electrons. The Morgan fingerprint density at radius 3 is 2.00 bits per heavy atom. The second-order valence-corrected chi connectivity index (χ2v) is 7.35. The third-order valence-electron chi connectivity index (χ3n) is 3.77. The summed E-state index contributed by atoms with van der Waals surface area (Å²) in [5, 5.41) is 5.16. The minimum Gasteiger partial charge on any atom is -0.467 e. The van der Waals surface area contributed by atoms with Crippen molar-refractivity contribution in [2.24, 2.45) is 0 Å². The van der Waals surface area contributed by atoms with Crippen molar-refractivity contribution in [2.75, 3.05) is 7.11 Å². The first-order chi connectivity index (χ1) is 13.7. The lowest BCUT2D eigenvalue weighted by Crippen LogP contribution is -2.54.